The first-order chi connectivity index (χ1) is 19.3. The number of hydrogen-bond donors (Lipinski definition) is 1. The van der Waals surface area contributed by atoms with Gasteiger partial charge in [0.15, 0.2) is 0 Å². The van der Waals surface area contributed by atoms with Crippen molar-refractivity contribution in [3.63, 3.8) is 0 Å². The van der Waals surface area contributed by atoms with Crippen LogP contribution in [0.1, 0.15) is 62.3 Å². The van der Waals surface area contributed by atoms with Gasteiger partial charge in [0.2, 0.25) is 0 Å². The van der Waals surface area contributed by atoms with Gasteiger partial charge in [-0.1, -0.05) is 18.2 Å². The molecule has 0 fully saturated rings. The number of rotatable bonds is 6. The van der Waals surface area contributed by atoms with Crippen molar-refractivity contribution in [1.82, 2.24) is 9.55 Å². The Labute approximate surface area is 239 Å². The Balaban J connectivity index is 1.62. The average Bonchev–Trinajstić information content (AvgIpc) is 3.42. The second-order valence-electron chi connectivity index (χ2n) is 11.3. The summed E-state index contributed by atoms with van der Waals surface area (Å²) in [6, 6.07) is 17.3. The summed E-state index contributed by atoms with van der Waals surface area (Å²) in [5, 5.41) is 2.86. The molecule has 2 aromatic heterocycles. The highest BCUT2D eigenvalue weighted by atomic mass is 16.7. The van der Waals surface area contributed by atoms with E-state index in [1.54, 1.807) is 96.3 Å². The summed E-state index contributed by atoms with van der Waals surface area (Å²) >= 11 is 0. The van der Waals surface area contributed by atoms with Crippen LogP contribution in [0.5, 0.6) is 5.75 Å². The molecule has 0 unspecified atom stereocenters. The molecule has 2 aromatic carbocycles. The van der Waals surface area contributed by atoms with Crippen molar-refractivity contribution in [1.29, 1.82) is 0 Å². The summed E-state index contributed by atoms with van der Waals surface area (Å²) in [6.07, 6.45) is 6.02. The summed E-state index contributed by atoms with van der Waals surface area (Å²) in [7, 11) is 0. The van der Waals surface area contributed by atoms with Crippen molar-refractivity contribution in [3.05, 3.63) is 96.6 Å². The maximum Gasteiger partial charge on any atom is 0.514 e. The van der Waals surface area contributed by atoms with E-state index in [1.165, 1.54) is 6.20 Å². The smallest absolute Gasteiger partial charge is 0.456 e. The molecule has 0 aliphatic rings. The number of nitrogens with zero attached hydrogens (tertiary/aromatic N) is 2. The fourth-order valence-electron chi connectivity index (χ4n) is 3.82. The van der Waals surface area contributed by atoms with E-state index >= 15 is 0 Å². The molecule has 0 aliphatic carbocycles. The zero-order chi connectivity index (χ0) is 29.8. The largest absolute Gasteiger partial charge is 0.514 e. The lowest BCUT2D eigenvalue weighted by Crippen LogP contribution is -2.25. The Hall–Kier alpha value is -4.92. The Kier molecular flexibility index (Phi) is 8.28. The molecule has 212 valence electrons. The second-order valence-corrected chi connectivity index (χ2v) is 11.3. The summed E-state index contributed by atoms with van der Waals surface area (Å²) in [4.78, 5) is 42.6. The van der Waals surface area contributed by atoms with Crippen LogP contribution >= 0.6 is 0 Å². The number of pyridine rings is 1. The van der Waals surface area contributed by atoms with Gasteiger partial charge in [-0.2, -0.15) is 0 Å². The minimum atomic E-state index is -0.799. The highest BCUT2D eigenvalue weighted by Gasteiger charge is 2.23. The third kappa shape index (κ3) is 8.04. The minimum Gasteiger partial charge on any atom is -0.456 e. The Bertz CT molecular complexity index is 1550. The fraction of sp³-hybridized carbons (Fsp3) is 0.250. The molecule has 41 heavy (non-hydrogen) atoms. The summed E-state index contributed by atoms with van der Waals surface area (Å²) < 4.78 is 17.9. The summed E-state index contributed by atoms with van der Waals surface area (Å²) in [6.45, 7) is 10.6. The van der Waals surface area contributed by atoms with Gasteiger partial charge in [-0.3, -0.25) is 9.78 Å². The topological polar surface area (TPSA) is 109 Å². The van der Waals surface area contributed by atoms with Crippen molar-refractivity contribution >= 4 is 23.7 Å². The Morgan fingerprint density at radius 3 is 2.05 bits per heavy atom. The predicted octanol–water partition coefficient (Wildman–Crippen LogP) is 7.06. The van der Waals surface area contributed by atoms with Crippen LogP contribution in [0, 0.1) is 0 Å². The second kappa shape index (κ2) is 11.7. The van der Waals surface area contributed by atoms with Gasteiger partial charge in [-0.05, 0) is 95.1 Å². The average molecular weight is 556 g/mol. The molecule has 4 aromatic rings. The van der Waals surface area contributed by atoms with E-state index < -0.39 is 29.2 Å². The van der Waals surface area contributed by atoms with Crippen LogP contribution in [-0.2, 0) is 9.47 Å². The van der Waals surface area contributed by atoms with Gasteiger partial charge in [0.05, 0.1) is 28.7 Å². The van der Waals surface area contributed by atoms with Gasteiger partial charge in [-0.25, -0.2) is 9.59 Å². The Morgan fingerprint density at radius 1 is 0.780 bits per heavy atom. The molecule has 9 heteroatoms. The molecular formula is C32H33N3O6. The van der Waals surface area contributed by atoms with Crippen LogP contribution in [0.2, 0.25) is 0 Å². The molecule has 4 rings (SSSR count). The van der Waals surface area contributed by atoms with Gasteiger partial charge in [0.25, 0.3) is 5.91 Å². The summed E-state index contributed by atoms with van der Waals surface area (Å²) in [5.74, 6) is -0.689. The third-order valence-electron chi connectivity index (χ3n) is 5.55. The molecular weight excluding hydrogens is 522 g/mol. The first-order valence-electron chi connectivity index (χ1n) is 13.1. The van der Waals surface area contributed by atoms with E-state index in [2.05, 4.69) is 10.3 Å². The van der Waals surface area contributed by atoms with Crippen molar-refractivity contribution in [2.24, 2.45) is 0 Å². The zero-order valence-corrected chi connectivity index (χ0v) is 23.9. The molecule has 0 spiro atoms. The van der Waals surface area contributed by atoms with Crippen LogP contribution in [0.25, 0.3) is 16.8 Å². The van der Waals surface area contributed by atoms with Gasteiger partial charge >= 0.3 is 12.1 Å². The molecule has 0 radical (unpaired) electrons. The maximum absolute atomic E-state index is 13.3. The number of amides is 1. The molecule has 1 amide bonds. The van der Waals surface area contributed by atoms with Crippen LogP contribution in [0.4, 0.5) is 10.5 Å². The van der Waals surface area contributed by atoms with Crippen molar-refractivity contribution in [2.45, 2.75) is 52.7 Å². The van der Waals surface area contributed by atoms with Crippen LogP contribution in [0.15, 0.2) is 85.5 Å². The first-order valence-corrected chi connectivity index (χ1v) is 13.1. The number of anilines is 1. The number of aromatic nitrogens is 2. The van der Waals surface area contributed by atoms with Crippen LogP contribution in [0.3, 0.4) is 0 Å². The highest BCUT2D eigenvalue weighted by molar-refractivity contribution is 6.08. The van der Waals surface area contributed by atoms with E-state index in [-0.39, 0.29) is 11.3 Å². The minimum absolute atomic E-state index is 0.205. The lowest BCUT2D eigenvalue weighted by molar-refractivity contribution is 0.00695. The maximum atomic E-state index is 13.3. The molecule has 0 bridgehead atoms. The third-order valence-corrected chi connectivity index (χ3v) is 5.55. The SMILES string of the molecule is CC(C)(C)OC(=O)Oc1ccc(-c2ccc(C(=O)OC(C)(C)C)c(NC(=O)c3cncc(-n4cccc4)c3)c2)cc1. The number of carbonyl (C=O) groups is 3. The lowest BCUT2D eigenvalue weighted by atomic mass is 10.0. The van der Waals surface area contributed by atoms with E-state index in [0.29, 0.717) is 11.3 Å². The molecule has 0 saturated carbocycles. The highest BCUT2D eigenvalue weighted by Crippen LogP contribution is 2.29. The number of carbonyl (C=O) groups excluding carboxylic acids is 3. The van der Waals surface area contributed by atoms with Crippen LogP contribution in [-0.4, -0.2) is 38.8 Å². The standard InChI is InChI=1S/C32H33N3O6/c1-31(2,3)40-29(37)26-14-11-22(21-9-12-25(13-10-21)39-30(38)41-32(4,5)6)18-27(26)34-28(36)23-17-24(20-33-19-23)35-15-7-8-16-35/h7-20H,1-6H3,(H,34,36). The van der Waals surface area contributed by atoms with Crippen molar-refractivity contribution < 1.29 is 28.6 Å². The Morgan fingerprint density at radius 2 is 1.41 bits per heavy atom. The molecule has 1 N–H and O–H groups in total. The molecule has 0 saturated heterocycles. The molecule has 0 atom stereocenters. The van der Waals surface area contributed by atoms with Gasteiger partial charge in [0.1, 0.15) is 17.0 Å². The van der Waals surface area contributed by atoms with E-state index in [4.69, 9.17) is 14.2 Å². The molecule has 9 nitrogen and oxygen atoms in total. The number of nitrogens with one attached hydrogen (secondary N) is 1. The van der Waals surface area contributed by atoms with Crippen molar-refractivity contribution in [3.8, 4) is 22.6 Å². The van der Waals surface area contributed by atoms with E-state index in [9.17, 15) is 14.4 Å². The predicted molar refractivity (Wildman–Crippen MR) is 155 cm³/mol. The molecule has 0 aliphatic heterocycles. The summed E-state index contributed by atoms with van der Waals surface area (Å²) in [5.41, 5.74) is 1.61. The van der Waals surface area contributed by atoms with Gasteiger partial charge in [-0.15, -0.1) is 0 Å². The number of hydrogen-bond acceptors (Lipinski definition) is 7. The number of benzene rings is 2. The molecule has 2 heterocycles. The quantitative estimate of drug-likeness (QED) is 0.200. The van der Waals surface area contributed by atoms with Gasteiger partial charge in [0, 0.05) is 18.6 Å². The fourth-order valence-corrected chi connectivity index (χ4v) is 3.82. The van der Waals surface area contributed by atoms with E-state index in [1.807, 2.05) is 29.1 Å². The monoisotopic (exact) mass is 555 g/mol. The van der Waals surface area contributed by atoms with Gasteiger partial charge < -0.3 is 24.1 Å². The zero-order valence-electron chi connectivity index (χ0n) is 23.9. The van der Waals surface area contributed by atoms with Crippen LogP contribution < -0.4 is 10.1 Å². The lowest BCUT2D eigenvalue weighted by Gasteiger charge is -2.21. The first kappa shape index (κ1) is 29.1. The number of esters is 1. The van der Waals surface area contributed by atoms with E-state index in [0.717, 1.165) is 16.8 Å². The normalized spacial score (nSPS) is 11.5. The number of ether oxygens (including phenoxy) is 3. The van der Waals surface area contributed by atoms with Crippen molar-refractivity contribution in [2.75, 3.05) is 5.32 Å².